The van der Waals surface area contributed by atoms with E-state index < -0.39 is 30.9 Å². The molecule has 4 aliphatic rings. The molecule has 2 bridgehead atoms. The number of thiophene rings is 1. The van der Waals surface area contributed by atoms with Gasteiger partial charge in [-0.25, -0.2) is 0 Å². The summed E-state index contributed by atoms with van der Waals surface area (Å²) >= 11 is 1.32. The van der Waals surface area contributed by atoms with Gasteiger partial charge in [-0.05, 0) is 49.5 Å². The van der Waals surface area contributed by atoms with Gasteiger partial charge in [0.1, 0.15) is 11.5 Å². The second kappa shape index (κ2) is 7.84. The number of amides is 4. The van der Waals surface area contributed by atoms with Crippen molar-refractivity contribution in [2.75, 3.05) is 18.5 Å². The van der Waals surface area contributed by atoms with Crippen LogP contribution in [0.5, 0.6) is 0 Å². The Bertz CT molecular complexity index is 1050. The van der Waals surface area contributed by atoms with Crippen molar-refractivity contribution in [3.05, 3.63) is 28.2 Å². The lowest BCUT2D eigenvalue weighted by molar-refractivity contribution is -0.154. The molecule has 0 spiro atoms. The lowest BCUT2D eigenvalue weighted by Crippen LogP contribution is -2.38. The number of rotatable bonds is 6. The Labute approximate surface area is 187 Å². The number of likely N-dealkylation sites (tertiary alicyclic amines) is 1. The van der Waals surface area contributed by atoms with Gasteiger partial charge in [-0.2, -0.15) is 0 Å². The van der Waals surface area contributed by atoms with Crippen molar-refractivity contribution >= 4 is 45.9 Å². The predicted molar refractivity (Wildman–Crippen MR) is 114 cm³/mol. The van der Waals surface area contributed by atoms with E-state index in [-0.39, 0.29) is 35.5 Å². The van der Waals surface area contributed by atoms with Gasteiger partial charge >= 0.3 is 5.97 Å². The fraction of sp³-hybridized carbons (Fsp3) is 0.500. The molecule has 5 rings (SSSR count). The summed E-state index contributed by atoms with van der Waals surface area (Å²) in [6.45, 7) is -1.09. The predicted octanol–water partition coefficient (Wildman–Crippen LogP) is 1.01. The number of hydrogen-bond donors (Lipinski definition) is 2. The van der Waals surface area contributed by atoms with E-state index in [1.54, 1.807) is 0 Å². The molecule has 3 N–H and O–H groups in total. The highest BCUT2D eigenvalue weighted by atomic mass is 32.1. The first-order valence-corrected chi connectivity index (χ1v) is 11.6. The monoisotopic (exact) mass is 457 g/mol. The third-order valence-corrected chi connectivity index (χ3v) is 8.09. The number of nitrogens with zero attached hydrogens (tertiary/aromatic N) is 1. The average Bonchev–Trinajstić information content (AvgIpc) is 3.50. The summed E-state index contributed by atoms with van der Waals surface area (Å²) in [6, 6.07) is 0. The van der Waals surface area contributed by atoms with Gasteiger partial charge in [0.15, 0.2) is 6.61 Å². The van der Waals surface area contributed by atoms with E-state index in [0.717, 1.165) is 47.4 Å². The largest absolute Gasteiger partial charge is 0.454 e. The van der Waals surface area contributed by atoms with Crippen molar-refractivity contribution < 1.29 is 28.7 Å². The molecule has 1 saturated heterocycles. The van der Waals surface area contributed by atoms with Crippen LogP contribution in [0.25, 0.3) is 0 Å². The lowest BCUT2D eigenvalue weighted by atomic mass is 9.85. The number of nitrogens with two attached hydrogens (primary N) is 1. The molecule has 3 aliphatic carbocycles. The number of carbonyl (C=O) groups is 5. The van der Waals surface area contributed by atoms with E-state index in [0.29, 0.717) is 10.6 Å². The molecule has 168 valence electrons. The van der Waals surface area contributed by atoms with Gasteiger partial charge in [0.25, 0.3) is 11.8 Å². The molecular formula is C22H23N3O6S. The minimum atomic E-state index is -0.831. The van der Waals surface area contributed by atoms with E-state index in [1.165, 1.54) is 11.3 Å². The van der Waals surface area contributed by atoms with Crippen molar-refractivity contribution in [3.63, 3.8) is 0 Å². The van der Waals surface area contributed by atoms with E-state index in [9.17, 15) is 24.0 Å². The molecule has 2 fully saturated rings. The Morgan fingerprint density at radius 1 is 1.09 bits per heavy atom. The van der Waals surface area contributed by atoms with Crippen LogP contribution in [0.15, 0.2) is 12.2 Å². The molecule has 32 heavy (non-hydrogen) atoms. The van der Waals surface area contributed by atoms with Crippen LogP contribution in [0.3, 0.4) is 0 Å². The summed E-state index contributed by atoms with van der Waals surface area (Å²) in [5.74, 6) is -3.37. The van der Waals surface area contributed by atoms with Gasteiger partial charge in [-0.15, -0.1) is 11.3 Å². The summed E-state index contributed by atoms with van der Waals surface area (Å²) in [6.07, 6.45) is 8.32. The summed E-state index contributed by atoms with van der Waals surface area (Å²) in [4.78, 5) is 63.8. The number of primary amides is 1. The van der Waals surface area contributed by atoms with Gasteiger partial charge in [-0.1, -0.05) is 12.2 Å². The lowest BCUT2D eigenvalue weighted by Gasteiger charge is -2.16. The maximum Gasteiger partial charge on any atom is 0.326 e. The number of hydrogen-bond acceptors (Lipinski definition) is 7. The topological polar surface area (TPSA) is 136 Å². The van der Waals surface area contributed by atoms with E-state index in [2.05, 4.69) is 5.32 Å². The van der Waals surface area contributed by atoms with Gasteiger partial charge in [0.05, 0.1) is 17.4 Å². The Hall–Kier alpha value is -3.01. The van der Waals surface area contributed by atoms with Crippen LogP contribution >= 0.6 is 11.3 Å². The van der Waals surface area contributed by atoms with E-state index in [1.807, 2.05) is 12.2 Å². The SMILES string of the molecule is NC(=O)c1c(NC(=O)COC(=O)CN2C(=O)[C@@H]3[C@H](C2=O)[C@H]2C=C[C@H]3C2)sc2c1CCCC2. The number of esters is 1. The normalized spacial score (nSPS) is 27.4. The van der Waals surface area contributed by atoms with Crippen LogP contribution < -0.4 is 11.1 Å². The molecule has 0 radical (unpaired) electrons. The van der Waals surface area contributed by atoms with E-state index >= 15 is 0 Å². The molecule has 9 nitrogen and oxygen atoms in total. The zero-order valence-corrected chi connectivity index (χ0v) is 18.1. The third kappa shape index (κ3) is 3.33. The highest BCUT2D eigenvalue weighted by Crippen LogP contribution is 2.52. The number of fused-ring (bicyclic) bond motifs is 6. The minimum Gasteiger partial charge on any atom is -0.454 e. The van der Waals surface area contributed by atoms with Crippen LogP contribution in [-0.2, 0) is 36.8 Å². The number of ether oxygens (including phenoxy) is 1. The Balaban J connectivity index is 1.17. The first-order chi connectivity index (χ1) is 15.3. The van der Waals surface area contributed by atoms with E-state index in [4.69, 9.17) is 10.5 Å². The molecule has 4 atom stereocenters. The van der Waals surface area contributed by atoms with Crippen molar-refractivity contribution in [1.82, 2.24) is 4.90 Å². The van der Waals surface area contributed by atoms with Crippen LogP contribution in [0.1, 0.15) is 40.1 Å². The highest BCUT2D eigenvalue weighted by molar-refractivity contribution is 7.17. The number of nitrogens with one attached hydrogen (secondary N) is 1. The van der Waals surface area contributed by atoms with Crippen molar-refractivity contribution in [2.24, 2.45) is 29.4 Å². The summed E-state index contributed by atoms with van der Waals surface area (Å²) < 4.78 is 5.00. The zero-order chi connectivity index (χ0) is 22.6. The maximum atomic E-state index is 12.6. The van der Waals surface area contributed by atoms with Crippen molar-refractivity contribution in [3.8, 4) is 0 Å². The molecule has 10 heteroatoms. The maximum absolute atomic E-state index is 12.6. The average molecular weight is 458 g/mol. The highest BCUT2D eigenvalue weighted by Gasteiger charge is 2.59. The molecule has 4 amide bonds. The molecular weight excluding hydrogens is 434 g/mol. The van der Waals surface area contributed by atoms with Crippen LogP contribution in [0.4, 0.5) is 5.00 Å². The molecule has 1 aliphatic heterocycles. The van der Waals surface area contributed by atoms with Gasteiger partial charge < -0.3 is 15.8 Å². The zero-order valence-electron chi connectivity index (χ0n) is 17.3. The minimum absolute atomic E-state index is 0.0596. The quantitative estimate of drug-likeness (QED) is 0.372. The summed E-state index contributed by atoms with van der Waals surface area (Å²) in [5, 5.41) is 2.98. The van der Waals surface area contributed by atoms with Gasteiger partial charge in [0, 0.05) is 4.88 Å². The van der Waals surface area contributed by atoms with Crippen molar-refractivity contribution in [1.29, 1.82) is 0 Å². The fourth-order valence-corrected chi connectivity index (χ4v) is 6.83. The van der Waals surface area contributed by atoms with Gasteiger partial charge in [-0.3, -0.25) is 28.9 Å². The Kier molecular flexibility index (Phi) is 5.11. The van der Waals surface area contributed by atoms with Crippen molar-refractivity contribution in [2.45, 2.75) is 32.1 Å². The number of aryl methyl sites for hydroxylation is 1. The number of anilines is 1. The van der Waals surface area contributed by atoms with Crippen LogP contribution in [0, 0.1) is 23.7 Å². The smallest absolute Gasteiger partial charge is 0.326 e. The Morgan fingerprint density at radius 3 is 2.41 bits per heavy atom. The molecule has 2 heterocycles. The first kappa shape index (κ1) is 20.9. The second-order valence-electron chi connectivity index (χ2n) is 8.75. The molecule has 0 unspecified atom stereocenters. The summed E-state index contributed by atoms with van der Waals surface area (Å²) in [7, 11) is 0. The molecule has 1 saturated carbocycles. The molecule has 1 aromatic rings. The number of imide groups is 1. The number of allylic oxidation sites excluding steroid dienone is 2. The van der Waals surface area contributed by atoms with Crippen LogP contribution in [0.2, 0.25) is 0 Å². The second-order valence-corrected chi connectivity index (χ2v) is 9.86. The standard InChI is InChI=1S/C22H23N3O6S/c23-19(28)18-12-3-1-2-4-13(12)32-20(18)24-14(26)9-31-15(27)8-25-21(29)16-10-5-6-11(7-10)17(16)22(25)30/h5-6,10-11,16-17H,1-4,7-9H2,(H2,23,28)(H,24,26)/t10-,11-,16-,17+/m0/s1. The summed E-state index contributed by atoms with van der Waals surface area (Å²) in [5.41, 5.74) is 6.73. The number of carbonyl (C=O) groups excluding carboxylic acids is 5. The Morgan fingerprint density at radius 2 is 1.75 bits per heavy atom. The van der Waals surface area contributed by atoms with Gasteiger partial charge in [0.2, 0.25) is 11.8 Å². The molecule has 1 aromatic heterocycles. The first-order valence-electron chi connectivity index (χ1n) is 10.8. The molecule has 0 aromatic carbocycles. The van der Waals surface area contributed by atoms with Crippen LogP contribution in [-0.4, -0.2) is 47.6 Å². The third-order valence-electron chi connectivity index (χ3n) is 6.88. The fourth-order valence-electron chi connectivity index (χ4n) is 5.52.